The van der Waals surface area contributed by atoms with Crippen LogP contribution in [0.5, 0.6) is 17.2 Å². The molecule has 0 saturated carbocycles. The average Bonchev–Trinajstić information content (AvgIpc) is 3.00. The standard InChI is InChI=1S/C19H18N2O4S/c1-11(2)25-13-5-3-12(4-6-13)18(22)21-19-20-14-9-15-16(10-17(14)26-19)24-8-7-23-15/h3-6,9-11H,7-8H2,1-2H3,(H,20,21,22). The van der Waals surface area contributed by atoms with E-state index in [1.54, 1.807) is 24.3 Å². The molecular formula is C19H18N2O4S. The lowest BCUT2D eigenvalue weighted by atomic mass is 10.2. The number of aromatic nitrogens is 1. The van der Waals surface area contributed by atoms with Crippen molar-refractivity contribution in [2.24, 2.45) is 0 Å². The van der Waals surface area contributed by atoms with Gasteiger partial charge in [-0.2, -0.15) is 0 Å². The van der Waals surface area contributed by atoms with Gasteiger partial charge >= 0.3 is 0 Å². The molecule has 3 aromatic rings. The Labute approximate surface area is 154 Å². The first-order valence-electron chi connectivity index (χ1n) is 8.37. The molecule has 26 heavy (non-hydrogen) atoms. The SMILES string of the molecule is CC(C)Oc1ccc(C(=O)Nc2nc3cc4c(cc3s2)OCCO4)cc1. The van der Waals surface area contributed by atoms with Crippen molar-refractivity contribution in [2.45, 2.75) is 20.0 Å². The highest BCUT2D eigenvalue weighted by atomic mass is 32.1. The molecule has 134 valence electrons. The lowest BCUT2D eigenvalue weighted by Gasteiger charge is -2.17. The fourth-order valence-electron chi connectivity index (χ4n) is 2.64. The second-order valence-electron chi connectivity index (χ2n) is 6.13. The Morgan fingerprint density at radius 1 is 1.15 bits per heavy atom. The molecule has 1 N–H and O–H groups in total. The third kappa shape index (κ3) is 3.43. The third-order valence-corrected chi connectivity index (χ3v) is 4.69. The molecule has 0 atom stereocenters. The van der Waals surface area contributed by atoms with Gasteiger partial charge in [0.1, 0.15) is 19.0 Å². The van der Waals surface area contributed by atoms with Gasteiger partial charge in [-0.05, 0) is 38.1 Å². The smallest absolute Gasteiger partial charge is 0.257 e. The Morgan fingerprint density at radius 2 is 1.85 bits per heavy atom. The van der Waals surface area contributed by atoms with E-state index in [9.17, 15) is 4.79 Å². The number of benzene rings is 2. The summed E-state index contributed by atoms with van der Waals surface area (Å²) in [5.41, 5.74) is 1.32. The van der Waals surface area contributed by atoms with E-state index in [1.807, 2.05) is 26.0 Å². The zero-order valence-corrected chi connectivity index (χ0v) is 15.3. The summed E-state index contributed by atoms with van der Waals surface area (Å²) in [7, 11) is 0. The van der Waals surface area contributed by atoms with Crippen molar-refractivity contribution >= 4 is 32.6 Å². The third-order valence-electron chi connectivity index (χ3n) is 3.76. The van der Waals surface area contributed by atoms with Crippen LogP contribution in [0.1, 0.15) is 24.2 Å². The number of carbonyl (C=O) groups is 1. The number of hydrogen-bond donors (Lipinski definition) is 1. The van der Waals surface area contributed by atoms with E-state index < -0.39 is 0 Å². The minimum atomic E-state index is -0.211. The molecule has 1 aromatic heterocycles. The normalized spacial score (nSPS) is 13.0. The van der Waals surface area contributed by atoms with Crippen LogP contribution < -0.4 is 19.5 Å². The highest BCUT2D eigenvalue weighted by Crippen LogP contribution is 2.37. The fourth-order valence-corrected chi connectivity index (χ4v) is 3.52. The monoisotopic (exact) mass is 370 g/mol. The second kappa shape index (κ2) is 6.84. The predicted octanol–water partition coefficient (Wildman–Crippen LogP) is 4.11. The zero-order valence-electron chi connectivity index (χ0n) is 14.4. The number of carbonyl (C=O) groups excluding carboxylic acids is 1. The van der Waals surface area contributed by atoms with Crippen LogP contribution in [0.3, 0.4) is 0 Å². The molecule has 2 heterocycles. The van der Waals surface area contributed by atoms with Crippen molar-refractivity contribution in [3.05, 3.63) is 42.0 Å². The molecule has 1 amide bonds. The number of nitrogens with zero attached hydrogens (tertiary/aromatic N) is 1. The molecule has 7 heteroatoms. The van der Waals surface area contributed by atoms with Crippen molar-refractivity contribution in [3.8, 4) is 17.2 Å². The highest BCUT2D eigenvalue weighted by molar-refractivity contribution is 7.22. The first-order valence-corrected chi connectivity index (χ1v) is 9.18. The Kier molecular flexibility index (Phi) is 4.38. The number of thiazole rings is 1. The van der Waals surface area contributed by atoms with Crippen LogP contribution in [0, 0.1) is 0 Å². The van der Waals surface area contributed by atoms with Gasteiger partial charge in [0.25, 0.3) is 5.91 Å². The van der Waals surface area contributed by atoms with E-state index in [0.717, 1.165) is 16.0 Å². The van der Waals surface area contributed by atoms with Crippen LogP contribution in [0.25, 0.3) is 10.2 Å². The molecule has 0 aliphatic carbocycles. The predicted molar refractivity (Wildman–Crippen MR) is 101 cm³/mol. The Balaban J connectivity index is 1.52. The van der Waals surface area contributed by atoms with E-state index in [0.29, 0.717) is 35.4 Å². The maximum absolute atomic E-state index is 12.4. The molecule has 0 radical (unpaired) electrons. The molecule has 2 aromatic carbocycles. The minimum absolute atomic E-state index is 0.0937. The first-order chi connectivity index (χ1) is 12.6. The molecule has 0 unspecified atom stereocenters. The summed E-state index contributed by atoms with van der Waals surface area (Å²) in [6.45, 7) is 4.99. The Hall–Kier alpha value is -2.80. The average molecular weight is 370 g/mol. The summed E-state index contributed by atoms with van der Waals surface area (Å²) in [6, 6.07) is 10.8. The minimum Gasteiger partial charge on any atom is -0.491 e. The molecule has 4 rings (SSSR count). The summed E-state index contributed by atoms with van der Waals surface area (Å²) in [5.74, 6) is 1.93. The van der Waals surface area contributed by atoms with Crippen molar-refractivity contribution in [3.63, 3.8) is 0 Å². The number of amides is 1. The number of ether oxygens (including phenoxy) is 3. The van der Waals surface area contributed by atoms with Crippen LogP contribution in [0.15, 0.2) is 36.4 Å². The van der Waals surface area contributed by atoms with E-state index in [1.165, 1.54) is 11.3 Å². The van der Waals surface area contributed by atoms with E-state index >= 15 is 0 Å². The summed E-state index contributed by atoms with van der Waals surface area (Å²) >= 11 is 1.40. The maximum atomic E-state index is 12.4. The van der Waals surface area contributed by atoms with Gasteiger partial charge in [0, 0.05) is 17.7 Å². The zero-order chi connectivity index (χ0) is 18.1. The number of fused-ring (bicyclic) bond motifs is 2. The van der Waals surface area contributed by atoms with Crippen LogP contribution in [0.4, 0.5) is 5.13 Å². The molecule has 1 aliphatic heterocycles. The fraction of sp³-hybridized carbons (Fsp3) is 0.263. The van der Waals surface area contributed by atoms with Crippen molar-refractivity contribution in [1.82, 2.24) is 4.98 Å². The van der Waals surface area contributed by atoms with Crippen LogP contribution in [-0.4, -0.2) is 30.2 Å². The molecular weight excluding hydrogens is 352 g/mol. The number of rotatable bonds is 4. The summed E-state index contributed by atoms with van der Waals surface area (Å²) in [6.07, 6.45) is 0.0937. The topological polar surface area (TPSA) is 69.7 Å². The Bertz CT molecular complexity index is 907. The summed E-state index contributed by atoms with van der Waals surface area (Å²) in [5, 5.41) is 3.38. The van der Waals surface area contributed by atoms with Crippen molar-refractivity contribution in [2.75, 3.05) is 18.5 Å². The van der Waals surface area contributed by atoms with Crippen LogP contribution >= 0.6 is 11.3 Å². The van der Waals surface area contributed by atoms with Crippen molar-refractivity contribution < 1.29 is 19.0 Å². The quantitative estimate of drug-likeness (QED) is 0.748. The van der Waals surface area contributed by atoms with Gasteiger partial charge in [-0.3, -0.25) is 10.1 Å². The molecule has 1 aliphatic rings. The van der Waals surface area contributed by atoms with Crippen LogP contribution in [0.2, 0.25) is 0 Å². The summed E-state index contributed by atoms with van der Waals surface area (Å²) < 4.78 is 17.7. The molecule has 0 bridgehead atoms. The molecule has 0 fully saturated rings. The van der Waals surface area contributed by atoms with Gasteiger partial charge in [0.2, 0.25) is 0 Å². The molecule has 6 nitrogen and oxygen atoms in total. The van der Waals surface area contributed by atoms with E-state index in [-0.39, 0.29) is 12.0 Å². The summed E-state index contributed by atoms with van der Waals surface area (Å²) in [4.78, 5) is 16.9. The lowest BCUT2D eigenvalue weighted by molar-refractivity contribution is 0.102. The second-order valence-corrected chi connectivity index (χ2v) is 7.16. The van der Waals surface area contributed by atoms with E-state index in [4.69, 9.17) is 14.2 Å². The molecule has 0 spiro atoms. The van der Waals surface area contributed by atoms with E-state index in [2.05, 4.69) is 10.3 Å². The van der Waals surface area contributed by atoms with Crippen LogP contribution in [-0.2, 0) is 0 Å². The number of anilines is 1. The van der Waals surface area contributed by atoms with Gasteiger partial charge in [-0.1, -0.05) is 11.3 Å². The number of nitrogens with one attached hydrogen (secondary N) is 1. The maximum Gasteiger partial charge on any atom is 0.257 e. The van der Waals surface area contributed by atoms with Gasteiger partial charge < -0.3 is 14.2 Å². The van der Waals surface area contributed by atoms with Gasteiger partial charge in [0.05, 0.1) is 16.3 Å². The van der Waals surface area contributed by atoms with Gasteiger partial charge in [0.15, 0.2) is 16.6 Å². The first kappa shape index (κ1) is 16.7. The Morgan fingerprint density at radius 3 is 2.54 bits per heavy atom. The van der Waals surface area contributed by atoms with Crippen molar-refractivity contribution in [1.29, 1.82) is 0 Å². The molecule has 0 saturated heterocycles. The lowest BCUT2D eigenvalue weighted by Crippen LogP contribution is -2.15. The number of hydrogen-bond acceptors (Lipinski definition) is 6. The highest BCUT2D eigenvalue weighted by Gasteiger charge is 2.16. The largest absolute Gasteiger partial charge is 0.491 e. The van der Waals surface area contributed by atoms with Gasteiger partial charge in [-0.15, -0.1) is 0 Å². The van der Waals surface area contributed by atoms with Gasteiger partial charge in [-0.25, -0.2) is 4.98 Å².